The normalized spacial score (nSPS) is 15.0. The van der Waals surface area contributed by atoms with Gasteiger partial charge in [-0.25, -0.2) is 0 Å². The van der Waals surface area contributed by atoms with E-state index in [9.17, 15) is 14.4 Å². The SMILES string of the molecule is COc1ccc(C(=O)NCC(=O)OC(C)C(=O)N2CCN(Cc3ccccc3)CC2)cc1. The number of methoxy groups -OCH3 is 1. The van der Waals surface area contributed by atoms with Gasteiger partial charge in [-0.1, -0.05) is 30.3 Å². The van der Waals surface area contributed by atoms with Gasteiger partial charge in [0.25, 0.3) is 11.8 Å². The number of esters is 1. The van der Waals surface area contributed by atoms with E-state index in [1.54, 1.807) is 36.1 Å². The molecule has 1 atom stereocenters. The second-order valence-electron chi connectivity index (χ2n) is 7.63. The molecule has 0 aliphatic carbocycles. The number of ether oxygens (including phenoxy) is 2. The summed E-state index contributed by atoms with van der Waals surface area (Å²) in [5.74, 6) is -0.651. The van der Waals surface area contributed by atoms with Crippen LogP contribution in [0.25, 0.3) is 0 Å². The van der Waals surface area contributed by atoms with Crippen molar-refractivity contribution in [1.29, 1.82) is 0 Å². The summed E-state index contributed by atoms with van der Waals surface area (Å²) in [6.07, 6.45) is -0.902. The van der Waals surface area contributed by atoms with Gasteiger partial charge in [0.2, 0.25) is 0 Å². The molecule has 170 valence electrons. The summed E-state index contributed by atoms with van der Waals surface area (Å²) in [5, 5.41) is 2.50. The topological polar surface area (TPSA) is 88.2 Å². The van der Waals surface area contributed by atoms with Gasteiger partial charge in [0.1, 0.15) is 12.3 Å². The lowest BCUT2D eigenvalue weighted by Gasteiger charge is -2.35. The van der Waals surface area contributed by atoms with Crippen molar-refractivity contribution in [3.05, 3.63) is 65.7 Å². The van der Waals surface area contributed by atoms with Crippen molar-refractivity contribution < 1.29 is 23.9 Å². The number of nitrogens with zero attached hydrogens (tertiary/aromatic N) is 2. The fourth-order valence-electron chi connectivity index (χ4n) is 3.51. The lowest BCUT2D eigenvalue weighted by Crippen LogP contribution is -2.51. The minimum Gasteiger partial charge on any atom is -0.497 e. The highest BCUT2D eigenvalue weighted by atomic mass is 16.5. The van der Waals surface area contributed by atoms with Crippen molar-refractivity contribution in [3.63, 3.8) is 0 Å². The van der Waals surface area contributed by atoms with Gasteiger partial charge in [-0.2, -0.15) is 0 Å². The quantitative estimate of drug-likeness (QED) is 0.630. The maximum absolute atomic E-state index is 12.6. The third-order valence-electron chi connectivity index (χ3n) is 5.33. The Kier molecular flexibility index (Phi) is 8.21. The standard InChI is InChI=1S/C24H29N3O5/c1-18(32-22(28)16-25-23(29)20-8-10-21(31-2)11-9-20)24(30)27-14-12-26(13-15-27)17-19-6-4-3-5-7-19/h3-11,18H,12-17H2,1-2H3,(H,25,29). The molecule has 1 heterocycles. The van der Waals surface area contributed by atoms with Gasteiger partial charge >= 0.3 is 5.97 Å². The lowest BCUT2D eigenvalue weighted by molar-refractivity contribution is -0.159. The molecule has 1 unspecified atom stereocenters. The number of rotatable bonds is 8. The van der Waals surface area contributed by atoms with E-state index in [0.29, 0.717) is 24.4 Å². The predicted molar refractivity (Wildman–Crippen MR) is 119 cm³/mol. The number of carbonyl (C=O) groups excluding carboxylic acids is 3. The Morgan fingerprint density at radius 1 is 0.969 bits per heavy atom. The van der Waals surface area contributed by atoms with E-state index >= 15 is 0 Å². The Balaban J connectivity index is 1.39. The number of piperazine rings is 1. The highest BCUT2D eigenvalue weighted by Gasteiger charge is 2.27. The van der Waals surface area contributed by atoms with Crippen molar-refractivity contribution in [2.75, 3.05) is 39.8 Å². The first-order valence-electron chi connectivity index (χ1n) is 10.6. The van der Waals surface area contributed by atoms with Crippen molar-refractivity contribution in [1.82, 2.24) is 15.1 Å². The fourth-order valence-corrected chi connectivity index (χ4v) is 3.51. The van der Waals surface area contributed by atoms with Gasteiger partial charge in [0, 0.05) is 38.3 Å². The summed E-state index contributed by atoms with van der Waals surface area (Å²) < 4.78 is 10.3. The molecule has 32 heavy (non-hydrogen) atoms. The summed E-state index contributed by atoms with van der Waals surface area (Å²) in [4.78, 5) is 40.9. The zero-order valence-electron chi connectivity index (χ0n) is 18.5. The van der Waals surface area contributed by atoms with Crippen molar-refractivity contribution in [2.45, 2.75) is 19.6 Å². The second-order valence-corrected chi connectivity index (χ2v) is 7.63. The molecule has 1 aliphatic heterocycles. The minimum atomic E-state index is -0.902. The zero-order chi connectivity index (χ0) is 22.9. The minimum absolute atomic E-state index is 0.223. The van der Waals surface area contributed by atoms with Crippen LogP contribution in [-0.4, -0.2) is 73.5 Å². The molecular weight excluding hydrogens is 410 g/mol. The average molecular weight is 440 g/mol. The van der Waals surface area contributed by atoms with Crippen LogP contribution < -0.4 is 10.1 Å². The van der Waals surface area contributed by atoms with E-state index in [4.69, 9.17) is 9.47 Å². The Hall–Kier alpha value is -3.39. The molecule has 2 aromatic carbocycles. The summed E-state index contributed by atoms with van der Waals surface area (Å²) >= 11 is 0. The Morgan fingerprint density at radius 3 is 2.25 bits per heavy atom. The maximum Gasteiger partial charge on any atom is 0.326 e. The van der Waals surface area contributed by atoms with Crippen LogP contribution in [0.3, 0.4) is 0 Å². The van der Waals surface area contributed by atoms with Crippen LogP contribution in [0.4, 0.5) is 0 Å². The van der Waals surface area contributed by atoms with Gasteiger partial charge in [0.15, 0.2) is 6.10 Å². The molecule has 8 heteroatoms. The zero-order valence-corrected chi connectivity index (χ0v) is 18.5. The largest absolute Gasteiger partial charge is 0.497 e. The van der Waals surface area contributed by atoms with Crippen molar-refractivity contribution in [2.24, 2.45) is 0 Å². The lowest BCUT2D eigenvalue weighted by atomic mass is 10.2. The smallest absolute Gasteiger partial charge is 0.326 e. The van der Waals surface area contributed by atoms with Crippen LogP contribution in [0.15, 0.2) is 54.6 Å². The van der Waals surface area contributed by atoms with Gasteiger partial charge in [-0.05, 0) is 36.8 Å². The van der Waals surface area contributed by atoms with Crippen molar-refractivity contribution >= 4 is 17.8 Å². The molecule has 1 fully saturated rings. The molecule has 1 N–H and O–H groups in total. The van der Waals surface area contributed by atoms with Gasteiger partial charge in [-0.3, -0.25) is 19.3 Å². The number of amides is 2. The molecule has 2 amide bonds. The summed E-state index contributed by atoms with van der Waals surface area (Å²) in [6.45, 7) is 4.79. The van der Waals surface area contributed by atoms with Gasteiger partial charge in [-0.15, -0.1) is 0 Å². The Labute approximate surface area is 188 Å². The average Bonchev–Trinajstić information content (AvgIpc) is 2.83. The van der Waals surface area contributed by atoms with Crippen LogP contribution in [0.1, 0.15) is 22.8 Å². The van der Waals surface area contributed by atoms with E-state index in [-0.39, 0.29) is 12.5 Å². The third kappa shape index (κ3) is 6.55. The number of hydrogen-bond donors (Lipinski definition) is 1. The Morgan fingerprint density at radius 2 is 1.62 bits per heavy atom. The van der Waals surface area contributed by atoms with Crippen LogP contribution in [0.2, 0.25) is 0 Å². The van der Waals surface area contributed by atoms with Crippen LogP contribution in [0.5, 0.6) is 5.75 Å². The molecule has 8 nitrogen and oxygen atoms in total. The number of carbonyl (C=O) groups is 3. The van der Waals surface area contributed by atoms with Gasteiger partial charge < -0.3 is 19.7 Å². The number of hydrogen-bond acceptors (Lipinski definition) is 6. The van der Waals surface area contributed by atoms with Gasteiger partial charge in [0.05, 0.1) is 7.11 Å². The predicted octanol–water partition coefficient (Wildman–Crippen LogP) is 1.70. The second kappa shape index (κ2) is 11.3. The molecule has 3 rings (SSSR count). The van der Waals surface area contributed by atoms with Crippen LogP contribution in [0, 0.1) is 0 Å². The summed E-state index contributed by atoms with van der Waals surface area (Å²) in [6, 6.07) is 16.7. The fraction of sp³-hybridized carbons (Fsp3) is 0.375. The molecule has 0 saturated carbocycles. The first kappa shape index (κ1) is 23.3. The third-order valence-corrected chi connectivity index (χ3v) is 5.33. The van der Waals surface area contributed by atoms with E-state index < -0.39 is 18.0 Å². The van der Waals surface area contributed by atoms with E-state index in [0.717, 1.165) is 19.6 Å². The maximum atomic E-state index is 12.6. The number of nitrogens with one attached hydrogen (secondary N) is 1. The highest BCUT2D eigenvalue weighted by molar-refractivity contribution is 5.96. The summed E-state index contributed by atoms with van der Waals surface area (Å²) in [5.41, 5.74) is 1.64. The van der Waals surface area contributed by atoms with Crippen LogP contribution in [-0.2, 0) is 20.9 Å². The summed E-state index contributed by atoms with van der Waals surface area (Å²) in [7, 11) is 1.54. The first-order valence-corrected chi connectivity index (χ1v) is 10.6. The molecule has 0 bridgehead atoms. The molecule has 0 aromatic heterocycles. The number of benzene rings is 2. The molecule has 0 radical (unpaired) electrons. The van der Waals surface area contributed by atoms with E-state index in [1.807, 2.05) is 18.2 Å². The van der Waals surface area contributed by atoms with E-state index in [1.165, 1.54) is 12.7 Å². The molecule has 1 saturated heterocycles. The molecule has 2 aromatic rings. The molecule has 0 spiro atoms. The monoisotopic (exact) mass is 439 g/mol. The van der Waals surface area contributed by atoms with Crippen LogP contribution >= 0.6 is 0 Å². The molecule has 1 aliphatic rings. The van der Waals surface area contributed by atoms with E-state index in [2.05, 4.69) is 22.3 Å². The van der Waals surface area contributed by atoms with Crippen molar-refractivity contribution in [3.8, 4) is 5.75 Å². The first-order chi connectivity index (χ1) is 15.5. The highest BCUT2D eigenvalue weighted by Crippen LogP contribution is 2.12. The molecular formula is C24H29N3O5. The Bertz CT molecular complexity index is 909.